The van der Waals surface area contributed by atoms with Gasteiger partial charge in [0.1, 0.15) is 0 Å². The van der Waals surface area contributed by atoms with Gasteiger partial charge in [-0.1, -0.05) is 19.8 Å². The zero-order valence-electron chi connectivity index (χ0n) is 8.27. The molecular weight excluding hydrogens is 180 g/mol. The third-order valence-corrected chi connectivity index (χ3v) is 1.76. The van der Waals surface area contributed by atoms with Crippen LogP contribution in [0.25, 0.3) is 0 Å². The fourth-order valence-electron chi connectivity index (χ4n) is 0.977. The van der Waals surface area contributed by atoms with Crippen LogP contribution in [0.4, 0.5) is 0 Å². The number of carbonyl (C=O) groups excluding carboxylic acids is 1. The van der Waals surface area contributed by atoms with E-state index in [1.54, 1.807) is 0 Å². The van der Waals surface area contributed by atoms with Crippen LogP contribution in [-0.2, 0) is 0 Å². The molecule has 0 spiro atoms. The van der Waals surface area contributed by atoms with E-state index in [2.05, 4.69) is 16.9 Å². The Morgan fingerprint density at radius 1 is 1.36 bits per heavy atom. The molecule has 1 aromatic heterocycles. The van der Waals surface area contributed by atoms with Crippen molar-refractivity contribution in [3.05, 3.63) is 18.0 Å². The Morgan fingerprint density at radius 3 is 2.64 bits per heavy atom. The van der Waals surface area contributed by atoms with Crippen LogP contribution < -0.4 is 4.74 Å². The zero-order chi connectivity index (χ0) is 10.2. The highest BCUT2D eigenvalue weighted by Crippen LogP contribution is 2.02. The molecule has 4 nitrogen and oxygen atoms in total. The lowest BCUT2D eigenvalue weighted by Gasteiger charge is -2.02. The SMILES string of the molecule is CCCCCOc1ncc(C=O)cn1. The summed E-state index contributed by atoms with van der Waals surface area (Å²) in [5.74, 6) is 0. The molecule has 0 bridgehead atoms. The Bertz CT molecular complexity index is 272. The second-order valence-electron chi connectivity index (χ2n) is 2.97. The summed E-state index contributed by atoms with van der Waals surface area (Å²) in [4.78, 5) is 18.1. The van der Waals surface area contributed by atoms with Gasteiger partial charge in [-0.25, -0.2) is 9.97 Å². The average molecular weight is 194 g/mol. The van der Waals surface area contributed by atoms with Crippen molar-refractivity contribution >= 4 is 6.29 Å². The molecule has 1 rings (SSSR count). The topological polar surface area (TPSA) is 52.1 Å². The van der Waals surface area contributed by atoms with Crippen molar-refractivity contribution in [2.75, 3.05) is 6.61 Å². The first-order chi connectivity index (χ1) is 6.86. The van der Waals surface area contributed by atoms with E-state index in [0.29, 0.717) is 24.5 Å². The molecule has 76 valence electrons. The summed E-state index contributed by atoms with van der Waals surface area (Å²) >= 11 is 0. The number of rotatable bonds is 6. The standard InChI is InChI=1S/C10H14N2O2/c1-2-3-4-5-14-10-11-6-9(8-13)7-12-10/h6-8H,2-5H2,1H3. The number of hydrogen-bond acceptors (Lipinski definition) is 4. The minimum atomic E-state index is 0.340. The monoisotopic (exact) mass is 194 g/mol. The molecule has 0 N–H and O–H groups in total. The molecule has 0 aliphatic carbocycles. The first kappa shape index (κ1) is 10.6. The fraction of sp³-hybridized carbons (Fsp3) is 0.500. The first-order valence-electron chi connectivity index (χ1n) is 4.77. The van der Waals surface area contributed by atoms with Crippen LogP contribution in [-0.4, -0.2) is 22.9 Å². The molecule has 14 heavy (non-hydrogen) atoms. The van der Waals surface area contributed by atoms with E-state index >= 15 is 0 Å². The van der Waals surface area contributed by atoms with E-state index in [1.807, 2.05) is 0 Å². The van der Waals surface area contributed by atoms with Gasteiger partial charge in [-0.3, -0.25) is 4.79 Å². The number of aromatic nitrogens is 2. The maximum Gasteiger partial charge on any atom is 0.316 e. The van der Waals surface area contributed by atoms with Crippen molar-refractivity contribution in [1.29, 1.82) is 0 Å². The number of nitrogens with zero attached hydrogens (tertiary/aromatic N) is 2. The van der Waals surface area contributed by atoms with Crippen LogP contribution in [0, 0.1) is 0 Å². The van der Waals surface area contributed by atoms with Gasteiger partial charge in [0.2, 0.25) is 0 Å². The maximum absolute atomic E-state index is 10.3. The van der Waals surface area contributed by atoms with E-state index in [0.717, 1.165) is 19.3 Å². The lowest BCUT2D eigenvalue weighted by molar-refractivity contribution is 0.112. The Hall–Kier alpha value is -1.45. The van der Waals surface area contributed by atoms with Crippen molar-refractivity contribution in [3.63, 3.8) is 0 Å². The highest BCUT2D eigenvalue weighted by Gasteiger charge is 1.96. The molecule has 1 aromatic rings. The highest BCUT2D eigenvalue weighted by molar-refractivity contribution is 5.73. The first-order valence-corrected chi connectivity index (χ1v) is 4.77. The number of carbonyl (C=O) groups is 1. The third kappa shape index (κ3) is 3.51. The van der Waals surface area contributed by atoms with E-state index < -0.39 is 0 Å². The molecule has 0 fully saturated rings. The molecule has 0 aromatic carbocycles. The number of unbranched alkanes of at least 4 members (excludes halogenated alkanes) is 2. The van der Waals surface area contributed by atoms with Crippen LogP contribution in [0.2, 0.25) is 0 Å². The third-order valence-electron chi connectivity index (χ3n) is 1.76. The van der Waals surface area contributed by atoms with E-state index in [-0.39, 0.29) is 0 Å². The predicted molar refractivity (Wildman–Crippen MR) is 52.4 cm³/mol. The summed E-state index contributed by atoms with van der Waals surface area (Å²) in [5, 5.41) is 0. The van der Waals surface area contributed by atoms with Crippen LogP contribution in [0.5, 0.6) is 6.01 Å². The van der Waals surface area contributed by atoms with Gasteiger partial charge in [0.15, 0.2) is 6.29 Å². The zero-order valence-corrected chi connectivity index (χ0v) is 8.27. The van der Waals surface area contributed by atoms with Crippen molar-refractivity contribution in [3.8, 4) is 6.01 Å². The quantitative estimate of drug-likeness (QED) is 0.512. The van der Waals surface area contributed by atoms with Gasteiger partial charge in [-0.05, 0) is 6.42 Å². The van der Waals surface area contributed by atoms with Crippen LogP contribution in [0.1, 0.15) is 36.5 Å². The summed E-state index contributed by atoms with van der Waals surface area (Å²) in [7, 11) is 0. The minimum absolute atomic E-state index is 0.340. The van der Waals surface area contributed by atoms with Crippen LogP contribution >= 0.6 is 0 Å². The normalized spacial score (nSPS) is 9.79. The fourth-order valence-corrected chi connectivity index (χ4v) is 0.977. The maximum atomic E-state index is 10.3. The number of ether oxygens (including phenoxy) is 1. The number of hydrogen-bond donors (Lipinski definition) is 0. The van der Waals surface area contributed by atoms with Gasteiger partial charge in [0.25, 0.3) is 0 Å². The van der Waals surface area contributed by atoms with Crippen LogP contribution in [0.3, 0.4) is 0 Å². The second kappa shape index (κ2) is 6.07. The van der Waals surface area contributed by atoms with Gasteiger partial charge in [0, 0.05) is 12.4 Å². The number of aldehydes is 1. The molecule has 0 radical (unpaired) electrons. The van der Waals surface area contributed by atoms with Gasteiger partial charge >= 0.3 is 6.01 Å². The largest absolute Gasteiger partial charge is 0.463 e. The van der Waals surface area contributed by atoms with Crippen molar-refractivity contribution in [2.24, 2.45) is 0 Å². The average Bonchev–Trinajstić information content (AvgIpc) is 2.25. The molecule has 0 atom stereocenters. The molecule has 4 heteroatoms. The summed E-state index contributed by atoms with van der Waals surface area (Å²) < 4.78 is 5.27. The highest BCUT2D eigenvalue weighted by atomic mass is 16.5. The van der Waals surface area contributed by atoms with Crippen molar-refractivity contribution < 1.29 is 9.53 Å². The Balaban J connectivity index is 2.32. The molecule has 0 saturated carbocycles. The Morgan fingerprint density at radius 2 is 2.07 bits per heavy atom. The lowest BCUT2D eigenvalue weighted by Crippen LogP contribution is -2.01. The lowest BCUT2D eigenvalue weighted by atomic mass is 10.3. The molecule has 1 heterocycles. The van der Waals surface area contributed by atoms with E-state index in [9.17, 15) is 4.79 Å². The molecule has 0 unspecified atom stereocenters. The van der Waals surface area contributed by atoms with Gasteiger partial charge in [-0.2, -0.15) is 0 Å². The molecule has 0 aliphatic heterocycles. The summed E-state index contributed by atoms with van der Waals surface area (Å²) in [6.45, 7) is 2.77. The van der Waals surface area contributed by atoms with Gasteiger partial charge in [-0.15, -0.1) is 0 Å². The van der Waals surface area contributed by atoms with Crippen LogP contribution in [0.15, 0.2) is 12.4 Å². The van der Waals surface area contributed by atoms with Gasteiger partial charge in [0.05, 0.1) is 12.2 Å². The molecule has 0 amide bonds. The Labute approximate surface area is 83.3 Å². The smallest absolute Gasteiger partial charge is 0.316 e. The van der Waals surface area contributed by atoms with Gasteiger partial charge < -0.3 is 4.74 Å². The molecular formula is C10H14N2O2. The molecule has 0 aliphatic rings. The molecule has 0 saturated heterocycles. The Kier molecular flexibility index (Phi) is 4.61. The summed E-state index contributed by atoms with van der Waals surface area (Å²) in [6, 6.07) is 0.340. The minimum Gasteiger partial charge on any atom is -0.463 e. The summed E-state index contributed by atoms with van der Waals surface area (Å²) in [6.07, 6.45) is 6.93. The van der Waals surface area contributed by atoms with Crippen molar-refractivity contribution in [2.45, 2.75) is 26.2 Å². The summed E-state index contributed by atoms with van der Waals surface area (Å²) in [5.41, 5.74) is 0.464. The van der Waals surface area contributed by atoms with Crippen molar-refractivity contribution in [1.82, 2.24) is 9.97 Å². The van der Waals surface area contributed by atoms with E-state index in [1.165, 1.54) is 12.4 Å². The predicted octanol–water partition coefficient (Wildman–Crippen LogP) is 1.86. The van der Waals surface area contributed by atoms with E-state index in [4.69, 9.17) is 4.74 Å². The second-order valence-corrected chi connectivity index (χ2v) is 2.97.